The number of rotatable bonds is 7. The van der Waals surface area contributed by atoms with E-state index in [4.69, 9.17) is 4.43 Å². The lowest BCUT2D eigenvalue weighted by molar-refractivity contribution is -0.158. The predicted octanol–water partition coefficient (Wildman–Crippen LogP) is 3.81. The molecule has 0 aliphatic heterocycles. The molecular formula is C21H29N3O4Si. The van der Waals surface area contributed by atoms with E-state index in [1.54, 1.807) is 36.4 Å². The van der Waals surface area contributed by atoms with E-state index in [2.05, 4.69) is 15.3 Å². The minimum atomic E-state index is -2.52. The van der Waals surface area contributed by atoms with Crippen LogP contribution in [-0.2, 0) is 9.22 Å². The summed E-state index contributed by atoms with van der Waals surface area (Å²) < 4.78 is 6.35. The van der Waals surface area contributed by atoms with Gasteiger partial charge in [0.2, 0.25) is 0 Å². The first-order valence-corrected chi connectivity index (χ1v) is 12.4. The fourth-order valence-electron chi connectivity index (χ4n) is 2.62. The summed E-state index contributed by atoms with van der Waals surface area (Å²) >= 11 is 0. The highest BCUT2D eigenvalue weighted by Crippen LogP contribution is 2.42. The molecule has 0 bridgehead atoms. The molecule has 0 unspecified atom stereocenters. The monoisotopic (exact) mass is 415 g/mol. The van der Waals surface area contributed by atoms with Gasteiger partial charge in [0.1, 0.15) is 6.04 Å². The van der Waals surface area contributed by atoms with Crippen molar-refractivity contribution in [2.75, 3.05) is 0 Å². The smallest absolute Gasteiger partial charge is 0.337 e. The number of nitrogens with zero attached hydrogens (tertiary/aromatic N) is 2. The normalized spacial score (nSPS) is 15.2. The van der Waals surface area contributed by atoms with Gasteiger partial charge in [-0.1, -0.05) is 39.0 Å². The maximum atomic E-state index is 12.9. The average molecular weight is 416 g/mol. The first-order chi connectivity index (χ1) is 13.4. The highest BCUT2D eigenvalue weighted by molar-refractivity contribution is 6.74. The number of nitrogens with one attached hydrogen (secondary N) is 1. The van der Waals surface area contributed by atoms with Crippen LogP contribution in [0.5, 0.6) is 0 Å². The summed E-state index contributed by atoms with van der Waals surface area (Å²) in [5.41, 5.74) is -1.34. The molecular weight excluding hydrogens is 386 g/mol. The van der Waals surface area contributed by atoms with Crippen molar-refractivity contribution in [1.29, 1.82) is 0 Å². The van der Waals surface area contributed by atoms with Gasteiger partial charge in [-0.15, -0.1) is 0 Å². The summed E-state index contributed by atoms with van der Waals surface area (Å²) in [4.78, 5) is 33.7. The summed E-state index contributed by atoms with van der Waals surface area (Å²) in [7, 11) is -2.52. The molecule has 1 aromatic carbocycles. The Labute approximate surface area is 172 Å². The first-order valence-electron chi connectivity index (χ1n) is 9.45. The molecule has 0 saturated carbocycles. The van der Waals surface area contributed by atoms with Gasteiger partial charge >= 0.3 is 5.97 Å². The Balaban J connectivity index is 2.52. The molecule has 0 aliphatic carbocycles. The molecule has 7 nitrogen and oxygen atoms in total. The van der Waals surface area contributed by atoms with Crippen molar-refractivity contribution < 1.29 is 19.1 Å². The van der Waals surface area contributed by atoms with Crippen LogP contribution >= 0.6 is 0 Å². The molecule has 0 fully saturated rings. The van der Waals surface area contributed by atoms with Crippen molar-refractivity contribution in [3.63, 3.8) is 0 Å². The number of carbonyl (C=O) groups excluding carboxylic acids is 1. The van der Waals surface area contributed by atoms with Crippen LogP contribution in [0.4, 0.5) is 0 Å². The van der Waals surface area contributed by atoms with Crippen LogP contribution < -0.4 is 5.32 Å². The van der Waals surface area contributed by atoms with Gasteiger partial charge in [-0.25, -0.2) is 14.8 Å². The quantitative estimate of drug-likeness (QED) is 0.667. The van der Waals surface area contributed by atoms with Crippen LogP contribution in [0.25, 0.3) is 0 Å². The highest BCUT2D eigenvalue weighted by atomic mass is 28.4. The van der Waals surface area contributed by atoms with Crippen LogP contribution in [-0.4, -0.2) is 40.9 Å². The van der Waals surface area contributed by atoms with Crippen LogP contribution in [0.2, 0.25) is 18.1 Å². The van der Waals surface area contributed by atoms with Crippen molar-refractivity contribution in [2.24, 2.45) is 0 Å². The van der Waals surface area contributed by atoms with Gasteiger partial charge in [0.25, 0.3) is 5.91 Å². The molecule has 8 heteroatoms. The van der Waals surface area contributed by atoms with Crippen molar-refractivity contribution in [2.45, 2.75) is 57.5 Å². The number of carboxylic acid groups (broad SMARTS) is 1. The number of carbonyl (C=O) groups is 2. The second-order valence-corrected chi connectivity index (χ2v) is 13.4. The van der Waals surface area contributed by atoms with E-state index in [9.17, 15) is 14.7 Å². The summed E-state index contributed by atoms with van der Waals surface area (Å²) in [6.07, 6.45) is 3.03. The lowest BCUT2D eigenvalue weighted by Gasteiger charge is -2.44. The van der Waals surface area contributed by atoms with Gasteiger partial charge in [0, 0.05) is 18.0 Å². The molecule has 1 aromatic heterocycles. The number of benzene rings is 1. The summed E-state index contributed by atoms with van der Waals surface area (Å²) in [6.45, 7) is 11.5. The van der Waals surface area contributed by atoms with Crippen LogP contribution in [0.15, 0.2) is 48.8 Å². The van der Waals surface area contributed by atoms with Gasteiger partial charge < -0.3 is 14.8 Å². The summed E-state index contributed by atoms with van der Waals surface area (Å²) in [6, 6.07) is 9.15. The number of hydrogen-bond donors (Lipinski definition) is 2. The van der Waals surface area contributed by atoms with E-state index in [1.165, 1.54) is 19.3 Å². The van der Waals surface area contributed by atoms with Crippen LogP contribution in [0.1, 0.15) is 49.9 Å². The number of aliphatic carboxylic acids is 1. The first kappa shape index (κ1) is 22.7. The van der Waals surface area contributed by atoms with Gasteiger partial charge in [-0.2, -0.15) is 0 Å². The van der Waals surface area contributed by atoms with Crippen molar-refractivity contribution in [3.05, 3.63) is 60.2 Å². The zero-order valence-corrected chi connectivity index (χ0v) is 18.8. The number of aromatic nitrogens is 2. The molecule has 2 N–H and O–H groups in total. The molecule has 0 saturated heterocycles. The fourth-order valence-corrected chi connectivity index (χ4v) is 4.19. The van der Waals surface area contributed by atoms with Crippen molar-refractivity contribution in [1.82, 2.24) is 15.3 Å². The minimum Gasteiger partial charge on any atom is -0.479 e. The highest BCUT2D eigenvalue weighted by Gasteiger charge is 2.52. The zero-order chi connectivity index (χ0) is 21.9. The third-order valence-corrected chi connectivity index (χ3v) is 9.95. The van der Waals surface area contributed by atoms with E-state index >= 15 is 0 Å². The van der Waals surface area contributed by atoms with Crippen LogP contribution in [0.3, 0.4) is 0 Å². The standard InChI is InChI=1S/C21H29N3O4Si/c1-20(2,3)29(5,6)28-21(4,19(26)27)16(17-22-13-10-14-23-17)24-18(25)15-11-8-7-9-12-15/h7-14,16H,1-6H3,(H,24,25)(H,26,27)/t16-,21+/m0/s1. The molecule has 0 aliphatic rings. The SMILES string of the molecule is CC(C)(C)[Si](C)(C)O[C@@](C)(C(=O)O)[C@@H](NC(=O)c1ccccc1)c1ncccn1. The second kappa shape index (κ2) is 8.42. The van der Waals surface area contributed by atoms with E-state index in [0.717, 1.165) is 0 Å². The van der Waals surface area contributed by atoms with E-state index < -0.39 is 31.8 Å². The Morgan fingerprint density at radius 1 is 1.03 bits per heavy atom. The average Bonchev–Trinajstić information content (AvgIpc) is 2.65. The van der Waals surface area contributed by atoms with Crippen molar-refractivity contribution in [3.8, 4) is 0 Å². The van der Waals surface area contributed by atoms with Gasteiger partial charge in [0.15, 0.2) is 19.7 Å². The Morgan fingerprint density at radius 2 is 1.59 bits per heavy atom. The molecule has 156 valence electrons. The van der Waals surface area contributed by atoms with E-state index in [1.807, 2.05) is 33.9 Å². The zero-order valence-electron chi connectivity index (χ0n) is 17.8. The molecule has 1 amide bonds. The van der Waals surface area contributed by atoms with Crippen LogP contribution in [0, 0.1) is 0 Å². The summed E-state index contributed by atoms with van der Waals surface area (Å²) in [5.74, 6) is -1.43. The van der Waals surface area contributed by atoms with Gasteiger partial charge in [-0.3, -0.25) is 4.79 Å². The third-order valence-electron chi connectivity index (χ3n) is 5.40. The largest absolute Gasteiger partial charge is 0.479 e. The predicted molar refractivity (Wildman–Crippen MR) is 113 cm³/mol. The maximum absolute atomic E-state index is 12.9. The van der Waals surface area contributed by atoms with Gasteiger partial charge in [0.05, 0.1) is 0 Å². The lowest BCUT2D eigenvalue weighted by atomic mass is 9.95. The Bertz CT molecular complexity index is 853. The number of amides is 1. The Kier molecular flexibility index (Phi) is 6.59. The molecule has 2 atom stereocenters. The summed E-state index contributed by atoms with van der Waals surface area (Å²) in [5, 5.41) is 12.7. The molecule has 0 spiro atoms. The van der Waals surface area contributed by atoms with Gasteiger partial charge in [-0.05, 0) is 43.3 Å². The lowest BCUT2D eigenvalue weighted by Crippen LogP contribution is -2.58. The molecule has 29 heavy (non-hydrogen) atoms. The van der Waals surface area contributed by atoms with E-state index in [0.29, 0.717) is 5.56 Å². The Hall–Kier alpha value is -2.58. The fraction of sp³-hybridized carbons (Fsp3) is 0.429. The van der Waals surface area contributed by atoms with E-state index in [-0.39, 0.29) is 10.9 Å². The second-order valence-electron chi connectivity index (χ2n) is 8.65. The molecule has 2 rings (SSSR count). The number of hydrogen-bond acceptors (Lipinski definition) is 5. The maximum Gasteiger partial charge on any atom is 0.337 e. The Morgan fingerprint density at radius 3 is 2.07 bits per heavy atom. The third kappa shape index (κ3) is 5.07. The topological polar surface area (TPSA) is 101 Å². The van der Waals surface area contributed by atoms with Crippen molar-refractivity contribution >= 4 is 20.2 Å². The minimum absolute atomic E-state index is 0.181. The molecule has 1 heterocycles. The number of carboxylic acids is 1. The molecule has 0 radical (unpaired) electrons. The molecule has 2 aromatic rings.